The fraction of sp³-hybridized carbons (Fsp3) is 0.718. The van der Waals surface area contributed by atoms with Crippen LogP contribution in [0.25, 0.3) is 0 Å². The Morgan fingerprint density at radius 3 is 2.04 bits per heavy atom. The molecule has 16 heteroatoms. The van der Waals surface area contributed by atoms with Gasteiger partial charge in [0.2, 0.25) is 18.1 Å². The van der Waals surface area contributed by atoms with Crippen LogP contribution in [0.4, 0.5) is 11.4 Å². The number of esters is 3. The largest absolute Gasteiger partial charge is 0.469 e. The molecule has 55 heavy (non-hydrogen) atoms. The summed E-state index contributed by atoms with van der Waals surface area (Å²) in [7, 11) is 1.39. The average Bonchev–Trinajstić information content (AvgIpc) is 3.46. The van der Waals surface area contributed by atoms with Crippen LogP contribution in [0.15, 0.2) is 0 Å². The van der Waals surface area contributed by atoms with Gasteiger partial charge >= 0.3 is 17.9 Å². The number of anilines is 2. The average molecular weight is 1110 g/mol. The number of fused-ring (bicyclic) bond motifs is 5. The molecule has 2 amide bonds. The van der Waals surface area contributed by atoms with Gasteiger partial charge in [-0.15, -0.1) is 0 Å². The second-order valence-corrected chi connectivity index (χ2v) is 20.0. The van der Waals surface area contributed by atoms with E-state index in [0.29, 0.717) is 54.2 Å². The van der Waals surface area contributed by atoms with E-state index in [1.807, 2.05) is 67.8 Å². The van der Waals surface area contributed by atoms with E-state index in [4.69, 9.17) is 14.2 Å². The molecule has 4 fully saturated rings. The van der Waals surface area contributed by atoms with Gasteiger partial charge in [-0.2, -0.15) is 0 Å². The molecule has 0 aliphatic heterocycles. The lowest BCUT2D eigenvalue weighted by atomic mass is 9.42. The number of aliphatic hydroxyl groups excluding tert-OH is 2. The third-order valence-corrected chi connectivity index (χ3v) is 16.9. The number of nitrogens with one attached hydrogen (secondary N) is 2. The molecule has 0 heterocycles. The molecule has 0 aromatic heterocycles. The van der Waals surface area contributed by atoms with E-state index in [2.05, 4.69) is 31.4 Å². The van der Waals surface area contributed by atoms with E-state index >= 15 is 0 Å². The number of aliphatic hydroxyl groups is 3. The van der Waals surface area contributed by atoms with Crippen LogP contribution in [0.2, 0.25) is 0 Å². The minimum Gasteiger partial charge on any atom is -0.469 e. The summed E-state index contributed by atoms with van der Waals surface area (Å²) in [4.78, 5) is 63.2. The fourth-order valence-corrected chi connectivity index (χ4v) is 15.0. The highest BCUT2D eigenvalue weighted by Crippen LogP contribution is 2.69. The van der Waals surface area contributed by atoms with Gasteiger partial charge in [0.25, 0.3) is 0 Å². The van der Waals surface area contributed by atoms with Gasteiger partial charge < -0.3 is 40.2 Å². The maximum Gasteiger partial charge on any atom is 0.343 e. The fourth-order valence-electron chi connectivity index (χ4n) is 10.9. The van der Waals surface area contributed by atoms with Crippen molar-refractivity contribution in [2.45, 2.75) is 123 Å². The Balaban J connectivity index is 1.29. The highest BCUT2D eigenvalue weighted by molar-refractivity contribution is 14.1. The topological polar surface area (TPSA) is 198 Å². The van der Waals surface area contributed by atoms with Gasteiger partial charge in [0.05, 0.1) is 47.0 Å². The van der Waals surface area contributed by atoms with Gasteiger partial charge in [0.15, 0.2) is 5.60 Å². The first-order valence-electron chi connectivity index (χ1n) is 18.9. The number of carbonyl (C=O) groups is 5. The summed E-state index contributed by atoms with van der Waals surface area (Å²) < 4.78 is 17.3. The van der Waals surface area contributed by atoms with Crippen LogP contribution in [-0.2, 0) is 33.4 Å². The first kappa shape index (κ1) is 44.7. The highest BCUT2D eigenvalue weighted by atomic mass is 127. The number of ether oxygens (including phenoxy) is 3. The third kappa shape index (κ3) is 8.42. The molecule has 0 saturated heterocycles. The number of carbonyl (C=O) groups excluding carboxylic acids is 5. The van der Waals surface area contributed by atoms with Crippen molar-refractivity contribution in [1.82, 2.24) is 0 Å². The van der Waals surface area contributed by atoms with Crippen molar-refractivity contribution in [3.05, 3.63) is 16.3 Å². The summed E-state index contributed by atoms with van der Waals surface area (Å²) >= 11 is 5.81. The summed E-state index contributed by atoms with van der Waals surface area (Å²) in [5.41, 5.74) is -1.93. The number of amides is 2. The van der Waals surface area contributed by atoms with Crippen LogP contribution in [0.1, 0.15) is 110 Å². The van der Waals surface area contributed by atoms with Crippen molar-refractivity contribution in [1.29, 1.82) is 0 Å². The highest BCUT2D eigenvalue weighted by Gasteiger charge is 2.67. The van der Waals surface area contributed by atoms with Gasteiger partial charge in [-0.1, -0.05) is 20.8 Å². The second-order valence-electron chi connectivity index (χ2n) is 16.7. The van der Waals surface area contributed by atoms with Gasteiger partial charge in [-0.3, -0.25) is 14.4 Å². The predicted molar refractivity (Wildman–Crippen MR) is 228 cm³/mol. The molecule has 4 aliphatic carbocycles. The Hall–Kier alpha value is -1.36. The van der Waals surface area contributed by atoms with Crippen molar-refractivity contribution < 1.29 is 53.5 Å². The first-order chi connectivity index (χ1) is 25.6. The van der Waals surface area contributed by atoms with Gasteiger partial charge in [0, 0.05) is 27.2 Å². The molecule has 306 valence electrons. The Morgan fingerprint density at radius 1 is 0.873 bits per heavy atom. The normalized spacial score (nSPS) is 34.9. The standard InChI is InChI=1S/C39H53I3N2O11/c1-17(8-11-27(49)53-7)22-9-10-23-28-24(15-26(48)38(22,23)6)37(5)12-13-39(52,16-21(37)14-25(28)47)36(51)55-20(4)54-35(50)29-30(40)33(43-18(2)45)32(42)34(31(29)41)44-19(3)46/h17,20-26,28,47-48,52H,8-16H2,1-7H3,(H,43,45)(H,44,46). The number of rotatable bonds is 10. The summed E-state index contributed by atoms with van der Waals surface area (Å²) in [6.45, 7) is 10.5. The molecule has 0 radical (unpaired) electrons. The molecule has 0 bridgehead atoms. The lowest BCUT2D eigenvalue weighted by Gasteiger charge is -2.64. The Bertz CT molecular complexity index is 1680. The van der Waals surface area contributed by atoms with Crippen LogP contribution in [0.3, 0.4) is 0 Å². The molecule has 4 aliphatic rings. The van der Waals surface area contributed by atoms with Crippen LogP contribution in [0.5, 0.6) is 0 Å². The molecule has 1 aromatic rings. The van der Waals surface area contributed by atoms with E-state index < -0.39 is 41.5 Å². The van der Waals surface area contributed by atoms with Crippen molar-refractivity contribution in [2.75, 3.05) is 17.7 Å². The predicted octanol–water partition coefficient (Wildman–Crippen LogP) is 6.38. The number of hydrogen-bond acceptors (Lipinski definition) is 11. The minimum atomic E-state index is -1.88. The number of halogens is 3. The lowest BCUT2D eigenvalue weighted by Crippen LogP contribution is -2.64. The van der Waals surface area contributed by atoms with Crippen molar-refractivity contribution in [2.24, 2.45) is 46.3 Å². The first-order valence-corrected chi connectivity index (χ1v) is 22.2. The SMILES string of the molecule is COC(=O)CCC(C)C1CCC2C3C(O)CC4CC(O)(C(=O)OC(C)OC(=O)c5c(I)c(NC(C)=O)c(I)c(NC(C)=O)c5I)CCC4(C)C3CC(O)C12C. The quantitative estimate of drug-likeness (QED) is 0.0990. The van der Waals surface area contributed by atoms with Gasteiger partial charge in [0.1, 0.15) is 0 Å². The third-order valence-electron chi connectivity index (χ3n) is 13.7. The molecule has 4 saturated carbocycles. The molecule has 12 unspecified atom stereocenters. The summed E-state index contributed by atoms with van der Waals surface area (Å²) in [6.07, 6.45) is 1.71. The lowest BCUT2D eigenvalue weighted by molar-refractivity contribution is -0.225. The minimum absolute atomic E-state index is 0.0115. The monoisotopic (exact) mass is 1110 g/mol. The van der Waals surface area contributed by atoms with Crippen LogP contribution in [0, 0.1) is 57.0 Å². The van der Waals surface area contributed by atoms with Gasteiger partial charge in [-0.05, 0) is 165 Å². The zero-order valence-electron chi connectivity index (χ0n) is 32.3. The maximum absolute atomic E-state index is 13.7. The Kier molecular flexibility index (Phi) is 13.9. The molecule has 13 nitrogen and oxygen atoms in total. The van der Waals surface area contributed by atoms with E-state index in [9.17, 15) is 39.3 Å². The molecule has 1 aromatic carbocycles. The zero-order chi connectivity index (χ0) is 40.9. The van der Waals surface area contributed by atoms with E-state index in [1.165, 1.54) is 27.9 Å². The van der Waals surface area contributed by atoms with Crippen molar-refractivity contribution in [3.8, 4) is 0 Å². The smallest absolute Gasteiger partial charge is 0.343 e. The maximum atomic E-state index is 13.7. The Morgan fingerprint density at radius 2 is 1.47 bits per heavy atom. The van der Waals surface area contributed by atoms with E-state index in [-0.39, 0.29) is 77.1 Å². The number of benzene rings is 1. The van der Waals surface area contributed by atoms with Gasteiger partial charge in [-0.25, -0.2) is 9.59 Å². The Labute approximate surface area is 363 Å². The van der Waals surface area contributed by atoms with Crippen molar-refractivity contribution >= 4 is 109 Å². The van der Waals surface area contributed by atoms with Crippen molar-refractivity contribution in [3.63, 3.8) is 0 Å². The second kappa shape index (κ2) is 17.1. The molecule has 0 spiro atoms. The molecule has 12 atom stereocenters. The molecule has 5 rings (SSSR count). The summed E-state index contributed by atoms with van der Waals surface area (Å²) in [5, 5.41) is 41.0. The van der Waals surface area contributed by atoms with Crippen LogP contribution in [-0.4, -0.2) is 76.3 Å². The van der Waals surface area contributed by atoms with E-state index in [0.717, 1.165) is 12.8 Å². The summed E-state index contributed by atoms with van der Waals surface area (Å²) in [6, 6.07) is 0. The van der Waals surface area contributed by atoms with E-state index in [1.54, 1.807) is 0 Å². The number of methoxy groups -OCH3 is 1. The molecular weight excluding hydrogens is 1050 g/mol. The summed E-state index contributed by atoms with van der Waals surface area (Å²) in [5.74, 6) is -2.55. The molecule has 5 N–H and O–H groups in total. The van der Waals surface area contributed by atoms with Crippen LogP contribution < -0.4 is 10.6 Å². The zero-order valence-corrected chi connectivity index (χ0v) is 38.8. The number of hydrogen-bond donors (Lipinski definition) is 5. The van der Waals surface area contributed by atoms with Crippen LogP contribution >= 0.6 is 67.8 Å². The molecular formula is C39H53I3N2O11.